The fourth-order valence-corrected chi connectivity index (χ4v) is 6.11. The van der Waals surface area contributed by atoms with Crippen LogP contribution in [0.5, 0.6) is 0 Å². The summed E-state index contributed by atoms with van der Waals surface area (Å²) in [6.45, 7) is 7.34. The van der Waals surface area contributed by atoms with Gasteiger partial charge in [0.1, 0.15) is 10.7 Å². The average molecular weight is 521 g/mol. The van der Waals surface area contributed by atoms with Crippen molar-refractivity contribution in [1.82, 2.24) is 19.4 Å². The van der Waals surface area contributed by atoms with E-state index in [1.165, 1.54) is 48.4 Å². The summed E-state index contributed by atoms with van der Waals surface area (Å²) in [5, 5.41) is 2.40. The third-order valence-corrected chi connectivity index (χ3v) is 8.32. The number of likely N-dealkylation sites (tertiary alicyclic amines) is 1. The summed E-state index contributed by atoms with van der Waals surface area (Å²) in [5.74, 6) is 0.890. The van der Waals surface area contributed by atoms with Crippen LogP contribution in [0.1, 0.15) is 59.2 Å². The molecular formula is C29H33ClN4OS. The van der Waals surface area contributed by atoms with Gasteiger partial charge in [-0.3, -0.25) is 9.69 Å². The molecule has 1 aliphatic heterocycles. The lowest BCUT2D eigenvalue weighted by Gasteiger charge is -2.23. The minimum Gasteiger partial charge on any atom is -0.330 e. The van der Waals surface area contributed by atoms with Gasteiger partial charge in [0, 0.05) is 19.6 Å². The van der Waals surface area contributed by atoms with E-state index in [0.717, 1.165) is 42.8 Å². The maximum Gasteiger partial charge on any atom is 0.265 e. The number of aromatic nitrogens is 2. The van der Waals surface area contributed by atoms with Gasteiger partial charge in [0.25, 0.3) is 5.91 Å². The lowest BCUT2D eigenvalue weighted by molar-refractivity contribution is 0.0740. The molecule has 3 heterocycles. The number of hydrogen-bond acceptors (Lipinski definition) is 4. The Hall–Kier alpha value is -2.67. The van der Waals surface area contributed by atoms with Gasteiger partial charge in [-0.2, -0.15) is 0 Å². The number of unbranched alkanes of at least 4 members (excludes halogenated alkanes) is 1. The van der Waals surface area contributed by atoms with Gasteiger partial charge in [-0.05, 0) is 67.1 Å². The molecule has 0 spiro atoms. The van der Waals surface area contributed by atoms with Crippen LogP contribution in [0, 0.1) is 0 Å². The molecule has 7 heteroatoms. The zero-order chi connectivity index (χ0) is 24.9. The fourth-order valence-electron chi connectivity index (χ4n) is 5.00. The first kappa shape index (κ1) is 25.0. The van der Waals surface area contributed by atoms with Gasteiger partial charge < -0.3 is 9.47 Å². The van der Waals surface area contributed by atoms with Gasteiger partial charge in [-0.25, -0.2) is 4.98 Å². The number of fused-ring (bicyclic) bond motifs is 1. The molecule has 1 aliphatic rings. The zero-order valence-corrected chi connectivity index (χ0v) is 22.4. The molecule has 1 fully saturated rings. The van der Waals surface area contributed by atoms with Crippen molar-refractivity contribution in [1.29, 1.82) is 0 Å². The molecule has 1 amide bonds. The molecule has 2 aromatic heterocycles. The lowest BCUT2D eigenvalue weighted by Crippen LogP contribution is -2.32. The van der Waals surface area contributed by atoms with Crippen molar-refractivity contribution < 1.29 is 4.79 Å². The number of carbonyl (C=O) groups is 1. The summed E-state index contributed by atoms with van der Waals surface area (Å²) in [6.07, 6.45) is 4.53. The summed E-state index contributed by atoms with van der Waals surface area (Å²) in [4.78, 5) is 23.5. The third-order valence-electron chi connectivity index (χ3n) is 6.99. The largest absolute Gasteiger partial charge is 0.330 e. The van der Waals surface area contributed by atoms with Gasteiger partial charge in [-0.1, -0.05) is 61.3 Å². The zero-order valence-electron chi connectivity index (χ0n) is 20.8. The maximum absolute atomic E-state index is 13.5. The van der Waals surface area contributed by atoms with Crippen LogP contribution < -0.4 is 0 Å². The summed E-state index contributed by atoms with van der Waals surface area (Å²) in [6, 6.07) is 18.8. The molecule has 188 valence electrons. The first-order valence-corrected chi connectivity index (χ1v) is 14.2. The second kappa shape index (κ2) is 11.6. The van der Waals surface area contributed by atoms with Crippen LogP contribution in [0.25, 0.3) is 11.0 Å². The minimum absolute atomic E-state index is 0.0171. The number of thiophene rings is 1. The van der Waals surface area contributed by atoms with Crippen LogP contribution in [-0.2, 0) is 19.6 Å². The van der Waals surface area contributed by atoms with E-state index in [1.807, 2.05) is 16.3 Å². The summed E-state index contributed by atoms with van der Waals surface area (Å²) >= 11 is 7.75. The van der Waals surface area contributed by atoms with E-state index in [1.54, 1.807) is 6.07 Å². The molecule has 5 nitrogen and oxygen atoms in total. The number of carbonyl (C=O) groups excluding carboxylic acids is 1. The van der Waals surface area contributed by atoms with Crippen LogP contribution in [0.15, 0.2) is 60.0 Å². The molecule has 0 aliphatic carbocycles. The van der Waals surface area contributed by atoms with Crippen LogP contribution in [0.4, 0.5) is 0 Å². The number of imidazole rings is 1. The Kier molecular flexibility index (Phi) is 8.05. The van der Waals surface area contributed by atoms with Gasteiger partial charge in [0.15, 0.2) is 0 Å². The SMILES string of the molecule is CCCCN(Cc1nc2ccccc2n1Cc1ccccc1CN1CCCC1)C(=O)c1sccc1Cl. The lowest BCUT2D eigenvalue weighted by atomic mass is 10.1. The fraction of sp³-hybridized carbons (Fsp3) is 0.379. The van der Waals surface area contributed by atoms with Crippen LogP contribution in [0.2, 0.25) is 5.02 Å². The van der Waals surface area contributed by atoms with Crippen LogP contribution in [-0.4, -0.2) is 44.9 Å². The smallest absolute Gasteiger partial charge is 0.265 e. The Morgan fingerprint density at radius 3 is 2.47 bits per heavy atom. The quantitative estimate of drug-likeness (QED) is 0.230. The Labute approximate surface area is 222 Å². The van der Waals surface area contributed by atoms with E-state index in [0.29, 0.717) is 23.0 Å². The number of nitrogens with zero attached hydrogens (tertiary/aromatic N) is 4. The van der Waals surface area contributed by atoms with E-state index in [-0.39, 0.29) is 5.91 Å². The standard InChI is InChI=1S/C29H33ClN4OS/c1-2-3-17-33(29(35)28-24(30)14-18-36-28)21-27-31-25-12-6-7-13-26(25)34(27)20-23-11-5-4-10-22(23)19-32-15-8-9-16-32/h4-7,10-14,18H,2-3,8-9,15-17,19-21H2,1H3. The minimum atomic E-state index is -0.0171. The molecule has 0 atom stereocenters. The van der Waals surface area contributed by atoms with Gasteiger partial charge in [0.2, 0.25) is 0 Å². The van der Waals surface area contributed by atoms with E-state index >= 15 is 0 Å². The molecule has 1 saturated heterocycles. The van der Waals surface area contributed by atoms with Crippen LogP contribution in [0.3, 0.4) is 0 Å². The molecule has 0 saturated carbocycles. The summed E-state index contributed by atoms with van der Waals surface area (Å²) in [5.41, 5.74) is 4.73. The molecule has 5 rings (SSSR count). The van der Waals surface area contributed by atoms with Crippen molar-refractivity contribution in [3.8, 4) is 0 Å². The predicted octanol–water partition coefficient (Wildman–Crippen LogP) is 6.84. The van der Waals surface area contributed by atoms with Gasteiger partial charge >= 0.3 is 0 Å². The highest BCUT2D eigenvalue weighted by Crippen LogP contribution is 2.26. The Morgan fingerprint density at radius 2 is 1.75 bits per heavy atom. The van der Waals surface area contributed by atoms with Gasteiger partial charge in [-0.15, -0.1) is 11.3 Å². The second-order valence-electron chi connectivity index (χ2n) is 9.53. The Morgan fingerprint density at radius 1 is 1.03 bits per heavy atom. The van der Waals surface area contributed by atoms with E-state index in [2.05, 4.69) is 58.9 Å². The third kappa shape index (κ3) is 5.51. The van der Waals surface area contributed by atoms with Crippen molar-refractivity contribution in [2.75, 3.05) is 19.6 Å². The monoisotopic (exact) mass is 520 g/mol. The Bertz CT molecular complexity index is 1320. The first-order valence-electron chi connectivity index (χ1n) is 12.9. The average Bonchev–Trinajstić information content (AvgIpc) is 3.63. The second-order valence-corrected chi connectivity index (χ2v) is 10.9. The predicted molar refractivity (Wildman–Crippen MR) is 149 cm³/mol. The molecular weight excluding hydrogens is 488 g/mol. The molecule has 0 N–H and O–H groups in total. The maximum atomic E-state index is 13.5. The molecule has 4 aromatic rings. The Balaban J connectivity index is 1.48. The number of amides is 1. The highest BCUT2D eigenvalue weighted by atomic mass is 35.5. The summed E-state index contributed by atoms with van der Waals surface area (Å²) < 4.78 is 2.29. The number of rotatable bonds is 10. The normalized spacial score (nSPS) is 14.1. The number of para-hydroxylation sites is 2. The van der Waals surface area contributed by atoms with E-state index < -0.39 is 0 Å². The molecule has 0 radical (unpaired) electrons. The van der Waals surface area contributed by atoms with Crippen molar-refractivity contribution >= 4 is 39.9 Å². The van der Waals surface area contributed by atoms with Crippen molar-refractivity contribution in [2.45, 2.75) is 52.2 Å². The molecule has 0 bridgehead atoms. The van der Waals surface area contributed by atoms with Crippen molar-refractivity contribution in [3.63, 3.8) is 0 Å². The number of hydrogen-bond donors (Lipinski definition) is 0. The number of halogens is 1. The topological polar surface area (TPSA) is 41.4 Å². The highest BCUT2D eigenvalue weighted by Gasteiger charge is 2.23. The van der Waals surface area contributed by atoms with E-state index in [9.17, 15) is 4.79 Å². The molecule has 2 aromatic carbocycles. The van der Waals surface area contributed by atoms with Crippen molar-refractivity contribution in [3.05, 3.63) is 86.8 Å². The molecule has 0 unspecified atom stereocenters. The highest BCUT2D eigenvalue weighted by molar-refractivity contribution is 7.12. The van der Waals surface area contributed by atoms with E-state index in [4.69, 9.17) is 16.6 Å². The van der Waals surface area contributed by atoms with Gasteiger partial charge in [0.05, 0.1) is 22.6 Å². The van der Waals surface area contributed by atoms with Crippen molar-refractivity contribution in [2.24, 2.45) is 0 Å². The molecule has 36 heavy (non-hydrogen) atoms. The number of benzene rings is 2. The van der Waals surface area contributed by atoms with Crippen LogP contribution >= 0.6 is 22.9 Å². The summed E-state index contributed by atoms with van der Waals surface area (Å²) in [7, 11) is 0. The first-order chi connectivity index (χ1) is 17.6.